The highest BCUT2D eigenvalue weighted by atomic mass is 16.6. The highest BCUT2D eigenvalue weighted by molar-refractivity contribution is 5.51. The van der Waals surface area contributed by atoms with Crippen LogP contribution >= 0.6 is 0 Å². The average molecular weight is 188 g/mol. The van der Waals surface area contributed by atoms with E-state index in [9.17, 15) is 0 Å². The highest BCUT2D eigenvalue weighted by Gasteiger charge is 2.24. The number of likely N-dealkylation sites (N-methyl/N-ethyl adjacent to an activating group) is 1. The van der Waals surface area contributed by atoms with Gasteiger partial charge in [0.25, 0.3) is 0 Å². The van der Waals surface area contributed by atoms with Gasteiger partial charge < -0.3 is 9.64 Å². The van der Waals surface area contributed by atoms with E-state index in [0.717, 1.165) is 18.8 Å². The van der Waals surface area contributed by atoms with Crippen LogP contribution in [0.4, 0.5) is 5.69 Å². The van der Waals surface area contributed by atoms with Crippen molar-refractivity contribution in [1.29, 1.82) is 5.26 Å². The molecule has 0 aromatic heterocycles. The van der Waals surface area contributed by atoms with Crippen LogP contribution in [0.3, 0.4) is 0 Å². The minimum Gasteiger partial charge on any atom is -0.372 e. The van der Waals surface area contributed by atoms with Gasteiger partial charge in [-0.3, -0.25) is 0 Å². The van der Waals surface area contributed by atoms with Crippen LogP contribution in [0.5, 0.6) is 0 Å². The number of nitriles is 1. The van der Waals surface area contributed by atoms with Gasteiger partial charge in [-0.1, -0.05) is 6.07 Å². The zero-order valence-electron chi connectivity index (χ0n) is 8.10. The Morgan fingerprint density at radius 2 is 2.43 bits per heavy atom. The Morgan fingerprint density at radius 1 is 1.64 bits per heavy atom. The fourth-order valence-electron chi connectivity index (χ4n) is 1.40. The van der Waals surface area contributed by atoms with E-state index >= 15 is 0 Å². The van der Waals surface area contributed by atoms with E-state index in [4.69, 9.17) is 10.00 Å². The molecule has 1 saturated heterocycles. The molecule has 1 atom stereocenters. The quantitative estimate of drug-likeness (QED) is 0.673. The molecule has 0 unspecified atom stereocenters. The lowest BCUT2D eigenvalue weighted by Gasteiger charge is -2.17. The normalized spacial score (nSPS) is 18.7. The summed E-state index contributed by atoms with van der Waals surface area (Å²) in [4.78, 5) is 2.11. The molecule has 1 heterocycles. The molecule has 0 amide bonds. The number of benzene rings is 1. The number of nitrogens with zero attached hydrogens (tertiary/aromatic N) is 2. The summed E-state index contributed by atoms with van der Waals surface area (Å²) in [6, 6.07) is 9.74. The van der Waals surface area contributed by atoms with E-state index in [1.165, 1.54) is 0 Å². The summed E-state index contributed by atoms with van der Waals surface area (Å²) in [5, 5.41) is 8.74. The molecule has 0 spiro atoms. The number of anilines is 1. The van der Waals surface area contributed by atoms with Crippen molar-refractivity contribution < 1.29 is 4.74 Å². The molecule has 1 aliphatic rings. The maximum Gasteiger partial charge on any atom is 0.0992 e. The van der Waals surface area contributed by atoms with E-state index in [1.54, 1.807) is 0 Å². The Kier molecular flexibility index (Phi) is 2.38. The number of ether oxygens (including phenoxy) is 1. The molecule has 0 saturated carbocycles. The fraction of sp³-hybridized carbons (Fsp3) is 0.364. The van der Waals surface area contributed by atoms with Gasteiger partial charge in [0.1, 0.15) is 0 Å². The van der Waals surface area contributed by atoms with Crippen molar-refractivity contribution >= 4 is 5.69 Å². The van der Waals surface area contributed by atoms with Crippen LogP contribution in [-0.2, 0) is 4.74 Å². The first-order valence-corrected chi connectivity index (χ1v) is 4.62. The molecule has 72 valence electrons. The van der Waals surface area contributed by atoms with Crippen molar-refractivity contribution in [3.05, 3.63) is 29.8 Å². The molecular weight excluding hydrogens is 176 g/mol. The van der Waals surface area contributed by atoms with Gasteiger partial charge in [-0.15, -0.1) is 0 Å². The summed E-state index contributed by atoms with van der Waals surface area (Å²) in [6.45, 7) is 1.76. The Bertz CT molecular complexity index is 366. The van der Waals surface area contributed by atoms with Gasteiger partial charge in [0.05, 0.1) is 24.3 Å². The number of epoxide rings is 1. The summed E-state index contributed by atoms with van der Waals surface area (Å²) in [5.41, 5.74) is 1.77. The third-order valence-electron chi connectivity index (χ3n) is 2.30. The molecular formula is C11H12N2O. The van der Waals surface area contributed by atoms with E-state index in [-0.39, 0.29) is 0 Å². The van der Waals surface area contributed by atoms with Crippen molar-refractivity contribution in [2.45, 2.75) is 6.10 Å². The van der Waals surface area contributed by atoms with Crippen molar-refractivity contribution in [2.75, 3.05) is 25.1 Å². The second-order valence-corrected chi connectivity index (χ2v) is 3.50. The van der Waals surface area contributed by atoms with Crippen LogP contribution in [0, 0.1) is 11.3 Å². The predicted molar refractivity (Wildman–Crippen MR) is 54.2 cm³/mol. The van der Waals surface area contributed by atoms with Gasteiger partial charge in [-0.2, -0.15) is 5.26 Å². The van der Waals surface area contributed by atoms with Gasteiger partial charge in [-0.25, -0.2) is 0 Å². The van der Waals surface area contributed by atoms with Gasteiger partial charge in [-0.05, 0) is 18.2 Å². The molecule has 2 rings (SSSR count). The van der Waals surface area contributed by atoms with Crippen molar-refractivity contribution in [2.24, 2.45) is 0 Å². The smallest absolute Gasteiger partial charge is 0.0992 e. The zero-order chi connectivity index (χ0) is 9.97. The first-order valence-electron chi connectivity index (χ1n) is 4.62. The van der Waals surface area contributed by atoms with Crippen LogP contribution in [-0.4, -0.2) is 26.3 Å². The van der Waals surface area contributed by atoms with Gasteiger partial charge in [0, 0.05) is 19.3 Å². The topological polar surface area (TPSA) is 39.6 Å². The van der Waals surface area contributed by atoms with E-state index in [1.807, 2.05) is 31.3 Å². The zero-order valence-corrected chi connectivity index (χ0v) is 8.10. The Morgan fingerprint density at radius 3 is 3.07 bits per heavy atom. The predicted octanol–water partition coefficient (Wildman–Crippen LogP) is 1.39. The summed E-state index contributed by atoms with van der Waals surface area (Å²) in [5.74, 6) is 0. The highest BCUT2D eigenvalue weighted by Crippen LogP contribution is 2.18. The number of hydrogen-bond acceptors (Lipinski definition) is 3. The van der Waals surface area contributed by atoms with Crippen LogP contribution in [0.15, 0.2) is 24.3 Å². The van der Waals surface area contributed by atoms with Crippen molar-refractivity contribution in [3.63, 3.8) is 0 Å². The van der Waals surface area contributed by atoms with Gasteiger partial charge >= 0.3 is 0 Å². The Balaban J connectivity index is 2.09. The largest absolute Gasteiger partial charge is 0.372 e. The lowest BCUT2D eigenvalue weighted by Crippen LogP contribution is -2.22. The average Bonchev–Trinajstić information content (AvgIpc) is 3.02. The second-order valence-electron chi connectivity index (χ2n) is 3.50. The Hall–Kier alpha value is -1.53. The third kappa shape index (κ3) is 2.04. The minimum absolute atomic E-state index is 0.380. The number of hydrogen-bond donors (Lipinski definition) is 0. The molecule has 1 aliphatic heterocycles. The van der Waals surface area contributed by atoms with E-state index < -0.39 is 0 Å². The van der Waals surface area contributed by atoms with E-state index in [0.29, 0.717) is 11.7 Å². The Labute approximate surface area is 83.5 Å². The monoisotopic (exact) mass is 188 g/mol. The lowest BCUT2D eigenvalue weighted by molar-refractivity contribution is 0.410. The molecule has 1 fully saturated rings. The van der Waals surface area contributed by atoms with Crippen LogP contribution < -0.4 is 4.90 Å². The minimum atomic E-state index is 0.380. The maximum absolute atomic E-state index is 8.74. The molecule has 1 aromatic rings. The SMILES string of the molecule is CN(C[C@H]1CO1)c1cccc(C#N)c1. The van der Waals surface area contributed by atoms with Gasteiger partial charge in [0.2, 0.25) is 0 Å². The molecule has 3 nitrogen and oxygen atoms in total. The summed E-state index contributed by atoms with van der Waals surface area (Å²) in [7, 11) is 2.01. The summed E-state index contributed by atoms with van der Waals surface area (Å²) in [6.07, 6.45) is 0.380. The van der Waals surface area contributed by atoms with Crippen LogP contribution in [0.1, 0.15) is 5.56 Å². The first kappa shape index (κ1) is 9.04. The second kappa shape index (κ2) is 3.69. The molecule has 1 aromatic carbocycles. The van der Waals surface area contributed by atoms with Crippen molar-refractivity contribution in [3.8, 4) is 6.07 Å². The third-order valence-corrected chi connectivity index (χ3v) is 2.30. The van der Waals surface area contributed by atoms with Crippen LogP contribution in [0.25, 0.3) is 0 Å². The van der Waals surface area contributed by atoms with Crippen LogP contribution in [0.2, 0.25) is 0 Å². The number of rotatable bonds is 3. The maximum atomic E-state index is 8.74. The van der Waals surface area contributed by atoms with E-state index in [2.05, 4.69) is 11.0 Å². The van der Waals surface area contributed by atoms with Gasteiger partial charge in [0.15, 0.2) is 0 Å². The van der Waals surface area contributed by atoms with Crippen molar-refractivity contribution in [1.82, 2.24) is 0 Å². The lowest BCUT2D eigenvalue weighted by atomic mass is 10.2. The molecule has 14 heavy (non-hydrogen) atoms. The molecule has 0 N–H and O–H groups in total. The summed E-state index contributed by atoms with van der Waals surface area (Å²) < 4.78 is 5.15. The molecule has 0 bridgehead atoms. The molecule has 0 radical (unpaired) electrons. The standard InChI is InChI=1S/C11H12N2O/c1-13(7-11-8-14-11)10-4-2-3-9(5-10)6-12/h2-5,11H,7-8H2,1H3/t11-/m0/s1. The molecule has 0 aliphatic carbocycles. The fourth-order valence-corrected chi connectivity index (χ4v) is 1.40. The first-order chi connectivity index (χ1) is 6.79. The molecule has 3 heteroatoms. The summed E-state index contributed by atoms with van der Waals surface area (Å²) >= 11 is 0.